The highest BCUT2D eigenvalue weighted by Crippen LogP contribution is 2.31. The van der Waals surface area contributed by atoms with Crippen LogP contribution in [0.5, 0.6) is 0 Å². The van der Waals surface area contributed by atoms with Gasteiger partial charge in [0.05, 0.1) is 26.2 Å². The van der Waals surface area contributed by atoms with Crippen LogP contribution >= 0.6 is 0 Å². The van der Waals surface area contributed by atoms with Crippen LogP contribution in [0.4, 0.5) is 0 Å². The lowest BCUT2D eigenvalue weighted by Gasteiger charge is -2.34. The van der Waals surface area contributed by atoms with Crippen LogP contribution in [0.1, 0.15) is 34.6 Å². The van der Waals surface area contributed by atoms with Crippen LogP contribution in [0.2, 0.25) is 0 Å². The fourth-order valence-corrected chi connectivity index (χ4v) is 2.83. The monoisotopic (exact) mass is 199 g/mol. The molecule has 0 spiro atoms. The van der Waals surface area contributed by atoms with Crippen molar-refractivity contribution in [3.63, 3.8) is 0 Å². The van der Waals surface area contributed by atoms with E-state index in [0.717, 1.165) is 10.4 Å². The molecule has 0 aromatic carbocycles. The number of nitrogens with zero attached hydrogens (tertiary/aromatic N) is 2. The van der Waals surface area contributed by atoms with Gasteiger partial charge in [0.15, 0.2) is 0 Å². The Kier molecular flexibility index (Phi) is 2.99. The van der Waals surface area contributed by atoms with Crippen molar-refractivity contribution in [1.29, 1.82) is 0 Å². The summed E-state index contributed by atoms with van der Waals surface area (Å²) in [5.74, 6) is 0.743. The zero-order valence-electron chi connectivity index (χ0n) is 11.0. The van der Waals surface area contributed by atoms with Crippen molar-refractivity contribution >= 4 is 0 Å². The Morgan fingerprint density at radius 2 is 1.64 bits per heavy atom. The number of likely N-dealkylation sites (N-methyl/N-ethyl adjacent to an activating group) is 1. The van der Waals surface area contributed by atoms with Crippen LogP contribution in [0.15, 0.2) is 0 Å². The molecule has 1 fully saturated rings. The van der Waals surface area contributed by atoms with Gasteiger partial charge in [0.25, 0.3) is 0 Å². The lowest BCUT2D eigenvalue weighted by atomic mass is 9.98. The van der Waals surface area contributed by atoms with Crippen LogP contribution < -0.4 is 0 Å². The molecule has 0 saturated carbocycles. The minimum Gasteiger partial charge on any atom is -0.314 e. The summed E-state index contributed by atoms with van der Waals surface area (Å²) in [6.07, 6.45) is 0. The van der Waals surface area contributed by atoms with E-state index in [4.69, 9.17) is 0 Å². The number of hydrogen-bond donors (Lipinski definition) is 0. The second-order valence-electron chi connectivity index (χ2n) is 6.50. The highest BCUT2D eigenvalue weighted by molar-refractivity contribution is 4.88. The van der Waals surface area contributed by atoms with E-state index >= 15 is 0 Å². The highest BCUT2D eigenvalue weighted by Gasteiger charge is 2.46. The molecule has 1 unspecified atom stereocenters. The van der Waals surface area contributed by atoms with Gasteiger partial charge in [-0.05, 0) is 26.7 Å². The fourth-order valence-electron chi connectivity index (χ4n) is 2.83. The summed E-state index contributed by atoms with van der Waals surface area (Å²) in [6.45, 7) is 14.2. The number of quaternary nitrogens is 1. The van der Waals surface area contributed by atoms with Gasteiger partial charge in [0.1, 0.15) is 6.67 Å². The van der Waals surface area contributed by atoms with Gasteiger partial charge in [-0.3, -0.25) is 0 Å². The summed E-state index contributed by atoms with van der Waals surface area (Å²) in [5, 5.41) is 0. The topological polar surface area (TPSA) is 3.24 Å². The molecule has 1 saturated heterocycles. The zero-order valence-corrected chi connectivity index (χ0v) is 11.0. The average molecular weight is 199 g/mol. The number of hydrogen-bond acceptors (Lipinski definition) is 1. The molecule has 1 heterocycles. The van der Waals surface area contributed by atoms with Gasteiger partial charge in [-0.1, -0.05) is 13.8 Å². The van der Waals surface area contributed by atoms with Crippen LogP contribution in [0, 0.1) is 5.92 Å². The van der Waals surface area contributed by atoms with Gasteiger partial charge in [-0.15, -0.1) is 0 Å². The summed E-state index contributed by atoms with van der Waals surface area (Å²) < 4.78 is 1.13. The molecule has 2 nitrogen and oxygen atoms in total. The molecular formula is C12H27N2+. The Morgan fingerprint density at radius 3 is 1.93 bits per heavy atom. The third kappa shape index (κ3) is 2.29. The van der Waals surface area contributed by atoms with E-state index in [-0.39, 0.29) is 0 Å². The Hall–Kier alpha value is -0.0800. The van der Waals surface area contributed by atoms with Crippen molar-refractivity contribution in [2.75, 3.05) is 27.3 Å². The van der Waals surface area contributed by atoms with E-state index in [2.05, 4.69) is 53.6 Å². The van der Waals surface area contributed by atoms with E-state index in [9.17, 15) is 0 Å². The SMILES string of the molecule is CC(C)C(C)N1C[N+](C)(C)CC1(C)C. The third-order valence-corrected chi connectivity index (χ3v) is 3.58. The van der Waals surface area contributed by atoms with Crippen LogP contribution in [-0.4, -0.2) is 48.3 Å². The van der Waals surface area contributed by atoms with Gasteiger partial charge < -0.3 is 4.48 Å². The molecule has 0 aromatic heterocycles. The molecule has 1 aliphatic heterocycles. The maximum absolute atomic E-state index is 2.66. The van der Waals surface area contributed by atoms with Crippen molar-refractivity contribution in [3.05, 3.63) is 0 Å². The molecule has 14 heavy (non-hydrogen) atoms. The summed E-state index contributed by atoms with van der Waals surface area (Å²) in [7, 11) is 4.66. The molecular weight excluding hydrogens is 172 g/mol. The molecule has 0 N–H and O–H groups in total. The lowest BCUT2D eigenvalue weighted by Crippen LogP contribution is -2.47. The van der Waals surface area contributed by atoms with Crippen LogP contribution in [0.3, 0.4) is 0 Å². The molecule has 0 radical (unpaired) electrons. The summed E-state index contributed by atoms with van der Waals surface area (Å²) in [5.41, 5.74) is 0.354. The van der Waals surface area contributed by atoms with E-state index < -0.39 is 0 Å². The first-order valence-corrected chi connectivity index (χ1v) is 5.74. The van der Waals surface area contributed by atoms with E-state index in [0.29, 0.717) is 11.6 Å². The Balaban J connectivity index is 2.80. The van der Waals surface area contributed by atoms with Crippen LogP contribution in [-0.2, 0) is 0 Å². The van der Waals surface area contributed by atoms with Crippen molar-refractivity contribution in [3.8, 4) is 0 Å². The van der Waals surface area contributed by atoms with Gasteiger partial charge in [-0.2, -0.15) is 0 Å². The molecule has 1 aliphatic rings. The molecule has 1 rings (SSSR count). The van der Waals surface area contributed by atoms with Gasteiger partial charge in [0, 0.05) is 6.04 Å². The Bertz CT molecular complexity index is 206. The molecule has 2 heteroatoms. The second kappa shape index (κ2) is 3.49. The van der Waals surface area contributed by atoms with Gasteiger partial charge >= 0.3 is 0 Å². The molecule has 0 aliphatic carbocycles. The minimum atomic E-state index is 0.354. The highest BCUT2D eigenvalue weighted by atomic mass is 15.5. The molecule has 0 amide bonds. The third-order valence-electron chi connectivity index (χ3n) is 3.58. The Morgan fingerprint density at radius 1 is 1.14 bits per heavy atom. The molecule has 84 valence electrons. The molecule has 0 aromatic rings. The summed E-state index contributed by atoms with van der Waals surface area (Å²) in [4.78, 5) is 2.66. The van der Waals surface area contributed by atoms with Gasteiger partial charge in [0.2, 0.25) is 0 Å². The average Bonchev–Trinajstić information content (AvgIpc) is 2.17. The van der Waals surface area contributed by atoms with Crippen LogP contribution in [0.25, 0.3) is 0 Å². The van der Waals surface area contributed by atoms with E-state index in [1.165, 1.54) is 13.2 Å². The molecule has 1 atom stereocenters. The fraction of sp³-hybridized carbons (Fsp3) is 1.00. The summed E-state index contributed by atoms with van der Waals surface area (Å²) >= 11 is 0. The normalized spacial score (nSPS) is 28.3. The maximum Gasteiger partial charge on any atom is 0.135 e. The quantitative estimate of drug-likeness (QED) is 0.616. The first-order valence-electron chi connectivity index (χ1n) is 5.74. The van der Waals surface area contributed by atoms with Crippen molar-refractivity contribution in [1.82, 2.24) is 4.90 Å². The van der Waals surface area contributed by atoms with Crippen molar-refractivity contribution in [2.24, 2.45) is 5.92 Å². The summed E-state index contributed by atoms with van der Waals surface area (Å²) in [6, 6.07) is 0.685. The minimum absolute atomic E-state index is 0.354. The first kappa shape index (κ1) is 12.0. The van der Waals surface area contributed by atoms with Gasteiger partial charge in [-0.25, -0.2) is 4.90 Å². The lowest BCUT2D eigenvalue weighted by molar-refractivity contribution is -0.884. The Labute approximate surface area is 89.5 Å². The van der Waals surface area contributed by atoms with Crippen molar-refractivity contribution in [2.45, 2.75) is 46.2 Å². The maximum atomic E-state index is 2.66. The molecule has 0 bridgehead atoms. The predicted molar refractivity (Wildman–Crippen MR) is 62.1 cm³/mol. The van der Waals surface area contributed by atoms with E-state index in [1.807, 2.05) is 0 Å². The largest absolute Gasteiger partial charge is 0.314 e. The van der Waals surface area contributed by atoms with Crippen molar-refractivity contribution < 1.29 is 4.48 Å². The number of rotatable bonds is 2. The smallest absolute Gasteiger partial charge is 0.135 e. The second-order valence-corrected chi connectivity index (χ2v) is 6.50. The zero-order chi connectivity index (χ0) is 11.1. The predicted octanol–water partition coefficient (Wildman–Crippen LogP) is 2.16. The first-order chi connectivity index (χ1) is 6.16. The standard InChI is InChI=1S/C12H27N2/c1-10(2)11(3)13-9-14(6,7)8-12(13,4)5/h10-11H,8-9H2,1-7H3/q+1. The van der Waals surface area contributed by atoms with E-state index in [1.54, 1.807) is 0 Å².